The Bertz CT molecular complexity index is 1150. The second kappa shape index (κ2) is 8.08. The minimum atomic E-state index is -3.60. The molecule has 1 saturated carbocycles. The Morgan fingerprint density at radius 1 is 1.19 bits per heavy atom. The monoisotopic (exact) mass is 468 g/mol. The van der Waals surface area contributed by atoms with Crippen LogP contribution in [0.1, 0.15) is 18.4 Å². The summed E-state index contributed by atoms with van der Waals surface area (Å²) in [5.41, 5.74) is -0.161. The largest absolute Gasteiger partial charge is 0.453 e. The van der Waals surface area contributed by atoms with Gasteiger partial charge in [0.1, 0.15) is 17.5 Å². The predicted molar refractivity (Wildman–Crippen MR) is 112 cm³/mol. The topological polar surface area (TPSA) is 75.7 Å². The first-order valence-electron chi connectivity index (χ1n) is 10.1. The summed E-state index contributed by atoms with van der Waals surface area (Å²) in [6.45, 7) is 0.300. The van der Waals surface area contributed by atoms with Gasteiger partial charge in [0.05, 0.1) is 19.4 Å². The maximum atomic E-state index is 15.4. The maximum absolute atomic E-state index is 15.4. The number of nitrogens with one attached hydrogen (secondary N) is 1. The highest BCUT2D eigenvalue weighted by Gasteiger charge is 2.61. The molecule has 1 aliphatic heterocycles. The number of carbonyl (C=O) groups excluding carboxylic acids is 1. The summed E-state index contributed by atoms with van der Waals surface area (Å²) in [6, 6.07) is 5.96. The molecule has 1 spiro atoms. The van der Waals surface area contributed by atoms with E-state index in [0.29, 0.717) is 12.6 Å². The summed E-state index contributed by atoms with van der Waals surface area (Å²) >= 11 is 0. The van der Waals surface area contributed by atoms with Crippen LogP contribution in [0, 0.1) is 22.9 Å². The first-order chi connectivity index (χ1) is 15.0. The van der Waals surface area contributed by atoms with Gasteiger partial charge in [-0.2, -0.15) is 0 Å². The van der Waals surface area contributed by atoms with Gasteiger partial charge in [-0.15, -0.1) is 0 Å². The fraction of sp³-hybridized carbons (Fsp3) is 0.409. The molecule has 0 aromatic heterocycles. The molecule has 4 rings (SSSR count). The number of hydrogen-bond acceptors (Lipinski definition) is 4. The van der Waals surface area contributed by atoms with Crippen LogP contribution in [0.3, 0.4) is 0 Å². The highest BCUT2D eigenvalue weighted by Crippen LogP contribution is 2.55. The molecule has 2 fully saturated rings. The van der Waals surface area contributed by atoms with Crippen molar-refractivity contribution in [2.45, 2.75) is 31.3 Å². The number of ether oxygens (including phenoxy) is 1. The average Bonchev–Trinajstić information content (AvgIpc) is 3.43. The van der Waals surface area contributed by atoms with Gasteiger partial charge in [0, 0.05) is 29.6 Å². The van der Waals surface area contributed by atoms with Gasteiger partial charge in [-0.1, -0.05) is 18.2 Å². The SMILES string of the molecule is COC(=O)N1CC2(CC2)C(NS(C)(=O)=O)C1Cc1cccc(-c2cc(F)cc(F)c2)c1F. The molecule has 2 unspecified atom stereocenters. The highest BCUT2D eigenvalue weighted by atomic mass is 32.2. The lowest BCUT2D eigenvalue weighted by molar-refractivity contribution is 0.116. The molecule has 1 heterocycles. The first kappa shape index (κ1) is 22.6. The summed E-state index contributed by atoms with van der Waals surface area (Å²) in [7, 11) is -2.36. The molecule has 10 heteroatoms. The zero-order valence-corrected chi connectivity index (χ0v) is 18.4. The number of carbonyl (C=O) groups is 1. The van der Waals surface area contributed by atoms with Crippen molar-refractivity contribution in [3.8, 4) is 11.1 Å². The third kappa shape index (κ3) is 4.33. The summed E-state index contributed by atoms with van der Waals surface area (Å²) in [5, 5.41) is 0. The van der Waals surface area contributed by atoms with Crippen LogP contribution >= 0.6 is 0 Å². The molecule has 2 atom stereocenters. The second-order valence-corrected chi connectivity index (χ2v) is 10.3. The van der Waals surface area contributed by atoms with Crippen LogP contribution in [0.15, 0.2) is 36.4 Å². The van der Waals surface area contributed by atoms with Gasteiger partial charge in [-0.3, -0.25) is 0 Å². The zero-order chi connectivity index (χ0) is 23.3. The van der Waals surface area contributed by atoms with Gasteiger partial charge in [-0.05, 0) is 42.5 Å². The third-order valence-electron chi connectivity index (χ3n) is 6.25. The Hall–Kier alpha value is -2.59. The lowest BCUT2D eigenvalue weighted by Crippen LogP contribution is -2.49. The van der Waals surface area contributed by atoms with Crippen molar-refractivity contribution < 1.29 is 31.1 Å². The molecule has 1 saturated heterocycles. The molecule has 2 aromatic carbocycles. The molecule has 0 radical (unpaired) electrons. The summed E-state index contributed by atoms with van der Waals surface area (Å²) in [5.74, 6) is -2.34. The van der Waals surface area contributed by atoms with Gasteiger partial charge < -0.3 is 9.64 Å². The van der Waals surface area contributed by atoms with E-state index < -0.39 is 51.1 Å². The molecule has 172 valence electrons. The van der Waals surface area contributed by atoms with Gasteiger partial charge in [0.15, 0.2) is 0 Å². The van der Waals surface area contributed by atoms with E-state index in [1.54, 1.807) is 6.07 Å². The fourth-order valence-electron chi connectivity index (χ4n) is 4.65. The van der Waals surface area contributed by atoms with Crippen LogP contribution in [0.25, 0.3) is 11.1 Å². The van der Waals surface area contributed by atoms with Gasteiger partial charge in [-0.25, -0.2) is 31.1 Å². The van der Waals surface area contributed by atoms with E-state index in [2.05, 4.69) is 4.72 Å². The van der Waals surface area contributed by atoms with Crippen LogP contribution < -0.4 is 4.72 Å². The van der Waals surface area contributed by atoms with Crippen molar-refractivity contribution in [2.75, 3.05) is 19.9 Å². The van der Waals surface area contributed by atoms with E-state index in [4.69, 9.17) is 4.74 Å². The smallest absolute Gasteiger partial charge is 0.409 e. The Balaban J connectivity index is 1.72. The van der Waals surface area contributed by atoms with Crippen molar-refractivity contribution in [3.05, 3.63) is 59.4 Å². The molecule has 2 aromatic rings. The number of halogens is 3. The number of hydrogen-bond donors (Lipinski definition) is 1. The summed E-state index contributed by atoms with van der Waals surface area (Å²) in [6.07, 6.45) is 1.88. The minimum Gasteiger partial charge on any atom is -0.453 e. The molecular formula is C22H23F3N2O4S. The highest BCUT2D eigenvalue weighted by molar-refractivity contribution is 7.88. The predicted octanol–water partition coefficient (Wildman–Crippen LogP) is 3.46. The van der Waals surface area contributed by atoms with E-state index in [1.165, 1.54) is 24.1 Å². The normalized spacial score (nSPS) is 21.7. The fourth-order valence-corrected chi connectivity index (χ4v) is 5.52. The average molecular weight is 468 g/mol. The van der Waals surface area contributed by atoms with Crippen LogP contribution in [0.4, 0.5) is 18.0 Å². The van der Waals surface area contributed by atoms with E-state index in [1.807, 2.05) is 0 Å². The molecule has 1 aliphatic carbocycles. The summed E-state index contributed by atoms with van der Waals surface area (Å²) < 4.78 is 74.3. The van der Waals surface area contributed by atoms with Crippen LogP contribution in [-0.2, 0) is 21.2 Å². The van der Waals surface area contributed by atoms with Crippen molar-refractivity contribution in [3.63, 3.8) is 0 Å². The number of likely N-dealkylation sites (tertiary alicyclic amines) is 1. The summed E-state index contributed by atoms with van der Waals surface area (Å²) in [4.78, 5) is 13.9. The Labute approximate surface area is 184 Å². The molecule has 2 aliphatic rings. The Kier molecular flexibility index (Phi) is 5.70. The van der Waals surface area contributed by atoms with E-state index in [0.717, 1.165) is 31.2 Å². The number of nitrogens with zero attached hydrogens (tertiary/aromatic N) is 1. The Morgan fingerprint density at radius 3 is 2.41 bits per heavy atom. The van der Waals surface area contributed by atoms with Crippen molar-refractivity contribution in [1.29, 1.82) is 0 Å². The minimum absolute atomic E-state index is 0.00150. The van der Waals surface area contributed by atoms with E-state index >= 15 is 4.39 Å². The van der Waals surface area contributed by atoms with E-state index in [-0.39, 0.29) is 23.1 Å². The standard InChI is InChI=1S/C22H23F3N2O4S/c1-31-21(28)27-12-22(6-7-22)20(26-32(2,29)30)18(27)10-13-4-3-5-17(19(13)25)14-8-15(23)11-16(24)9-14/h3-5,8-9,11,18,20,26H,6-7,10,12H2,1-2H3. The molecule has 32 heavy (non-hydrogen) atoms. The molecule has 0 bridgehead atoms. The van der Waals surface area contributed by atoms with Gasteiger partial charge in [0.25, 0.3) is 0 Å². The van der Waals surface area contributed by atoms with Crippen molar-refractivity contribution in [1.82, 2.24) is 9.62 Å². The molecule has 1 N–H and O–H groups in total. The lowest BCUT2D eigenvalue weighted by atomic mass is 9.91. The number of amides is 1. The number of benzene rings is 2. The Morgan fingerprint density at radius 2 is 1.84 bits per heavy atom. The quantitative estimate of drug-likeness (QED) is 0.729. The number of methoxy groups -OCH3 is 1. The van der Waals surface area contributed by atoms with Crippen LogP contribution in [0.5, 0.6) is 0 Å². The van der Waals surface area contributed by atoms with Gasteiger partial charge in [0.2, 0.25) is 10.0 Å². The molecule has 1 amide bonds. The van der Waals surface area contributed by atoms with Crippen LogP contribution in [0.2, 0.25) is 0 Å². The van der Waals surface area contributed by atoms with Crippen molar-refractivity contribution in [2.24, 2.45) is 5.41 Å². The lowest BCUT2D eigenvalue weighted by Gasteiger charge is -2.28. The number of rotatable bonds is 5. The first-order valence-corrected chi connectivity index (χ1v) is 12.0. The second-order valence-electron chi connectivity index (χ2n) is 8.54. The number of sulfonamides is 1. The molecular weight excluding hydrogens is 445 g/mol. The van der Waals surface area contributed by atoms with Gasteiger partial charge >= 0.3 is 6.09 Å². The maximum Gasteiger partial charge on any atom is 0.409 e. The zero-order valence-electron chi connectivity index (χ0n) is 17.6. The van der Waals surface area contributed by atoms with E-state index in [9.17, 15) is 22.0 Å². The molecule has 6 nitrogen and oxygen atoms in total. The van der Waals surface area contributed by atoms with Crippen molar-refractivity contribution >= 4 is 16.1 Å². The van der Waals surface area contributed by atoms with Crippen LogP contribution in [-0.4, -0.2) is 51.4 Å². The third-order valence-corrected chi connectivity index (χ3v) is 6.94.